The lowest BCUT2D eigenvalue weighted by Crippen LogP contribution is -2.41. The van der Waals surface area contributed by atoms with Crippen molar-refractivity contribution in [3.8, 4) is 0 Å². The molecular formula is C13H22N4O2S. The Balaban J connectivity index is 2.70. The fourth-order valence-corrected chi connectivity index (χ4v) is 2.13. The first kappa shape index (κ1) is 16.5. The van der Waals surface area contributed by atoms with Crippen molar-refractivity contribution >= 4 is 16.0 Å². The van der Waals surface area contributed by atoms with Crippen molar-refractivity contribution in [3.63, 3.8) is 0 Å². The maximum Gasteiger partial charge on any atom is 0.238 e. The fraction of sp³-hybridized carbons (Fsp3) is 0.462. The van der Waals surface area contributed by atoms with Gasteiger partial charge in [0.25, 0.3) is 0 Å². The molecule has 1 unspecified atom stereocenters. The highest BCUT2D eigenvalue weighted by atomic mass is 32.2. The summed E-state index contributed by atoms with van der Waals surface area (Å²) in [4.78, 5) is 4.23. The van der Waals surface area contributed by atoms with Crippen molar-refractivity contribution in [2.75, 3.05) is 7.05 Å². The number of nitrogens with zero attached hydrogens (tertiary/aromatic N) is 1. The van der Waals surface area contributed by atoms with E-state index >= 15 is 0 Å². The van der Waals surface area contributed by atoms with E-state index < -0.39 is 10.0 Å². The van der Waals surface area contributed by atoms with Crippen molar-refractivity contribution in [1.29, 1.82) is 0 Å². The fourth-order valence-electron chi connectivity index (χ4n) is 1.55. The molecule has 0 aliphatic heterocycles. The monoisotopic (exact) mass is 298 g/mol. The molecule has 1 atom stereocenters. The van der Waals surface area contributed by atoms with E-state index in [4.69, 9.17) is 5.14 Å². The molecule has 0 aliphatic rings. The third-order valence-corrected chi connectivity index (χ3v) is 3.82. The maximum absolute atomic E-state index is 11.3. The maximum atomic E-state index is 11.3. The largest absolute Gasteiger partial charge is 0.354 e. The van der Waals surface area contributed by atoms with E-state index in [2.05, 4.69) is 29.5 Å². The molecule has 7 heteroatoms. The molecule has 1 aromatic rings. The zero-order valence-electron chi connectivity index (χ0n) is 12.1. The Bertz CT molecular complexity index is 569. The second kappa shape index (κ2) is 7.25. The molecule has 4 N–H and O–H groups in total. The van der Waals surface area contributed by atoms with Crippen LogP contribution in [0.4, 0.5) is 0 Å². The summed E-state index contributed by atoms with van der Waals surface area (Å²) in [7, 11) is -1.97. The number of nitrogens with two attached hydrogens (primary N) is 1. The van der Waals surface area contributed by atoms with Gasteiger partial charge in [0.2, 0.25) is 10.0 Å². The molecule has 6 nitrogen and oxygen atoms in total. The van der Waals surface area contributed by atoms with Crippen LogP contribution in [0.1, 0.15) is 25.8 Å². The number of rotatable bonds is 5. The highest BCUT2D eigenvalue weighted by Crippen LogP contribution is 2.09. The van der Waals surface area contributed by atoms with Gasteiger partial charge in [0, 0.05) is 19.6 Å². The van der Waals surface area contributed by atoms with Crippen LogP contribution in [0.5, 0.6) is 0 Å². The summed E-state index contributed by atoms with van der Waals surface area (Å²) in [6.45, 7) is 4.62. The summed E-state index contributed by atoms with van der Waals surface area (Å²) < 4.78 is 22.6. The number of sulfonamides is 1. The van der Waals surface area contributed by atoms with Crippen molar-refractivity contribution < 1.29 is 8.42 Å². The number of aliphatic imine (C=N–C) groups is 1. The molecule has 0 heterocycles. The second-order valence-electron chi connectivity index (χ2n) is 4.57. The van der Waals surface area contributed by atoms with Crippen LogP contribution in [0.3, 0.4) is 0 Å². The summed E-state index contributed by atoms with van der Waals surface area (Å²) in [6, 6.07) is 6.85. The Labute approximate surface area is 120 Å². The van der Waals surface area contributed by atoms with Crippen LogP contribution in [0, 0.1) is 0 Å². The molecule has 1 aromatic carbocycles. The van der Waals surface area contributed by atoms with Gasteiger partial charge in [0.15, 0.2) is 5.96 Å². The van der Waals surface area contributed by atoms with Gasteiger partial charge in [-0.2, -0.15) is 0 Å². The zero-order valence-corrected chi connectivity index (χ0v) is 12.9. The van der Waals surface area contributed by atoms with Gasteiger partial charge in [-0.15, -0.1) is 0 Å². The van der Waals surface area contributed by atoms with Crippen molar-refractivity contribution in [2.45, 2.75) is 37.8 Å². The molecule has 20 heavy (non-hydrogen) atoms. The van der Waals surface area contributed by atoms with Gasteiger partial charge in [-0.25, -0.2) is 13.6 Å². The van der Waals surface area contributed by atoms with E-state index in [0.717, 1.165) is 12.0 Å². The first-order chi connectivity index (χ1) is 9.36. The standard InChI is InChI=1S/C13H22N4O2S/c1-4-10(2)17-13(15-3)16-9-11-6-5-7-12(8-11)20(14,18)19/h5-8,10H,4,9H2,1-3H3,(H2,14,18,19)(H2,15,16,17). The molecule has 0 aromatic heterocycles. The predicted molar refractivity (Wildman–Crippen MR) is 80.9 cm³/mol. The predicted octanol–water partition coefficient (Wildman–Crippen LogP) is 0.798. The van der Waals surface area contributed by atoms with Gasteiger partial charge in [-0.3, -0.25) is 4.99 Å². The molecule has 0 saturated heterocycles. The Kier molecular flexibility index (Phi) is 5.97. The van der Waals surface area contributed by atoms with Crippen molar-refractivity contribution in [3.05, 3.63) is 29.8 Å². The number of hydrogen-bond acceptors (Lipinski definition) is 3. The summed E-state index contributed by atoms with van der Waals surface area (Å²) in [5.41, 5.74) is 0.823. The van der Waals surface area contributed by atoms with Gasteiger partial charge in [0.1, 0.15) is 0 Å². The smallest absolute Gasteiger partial charge is 0.238 e. The minimum atomic E-state index is -3.67. The second-order valence-corrected chi connectivity index (χ2v) is 6.13. The van der Waals surface area contributed by atoms with E-state index in [1.165, 1.54) is 6.07 Å². The van der Waals surface area contributed by atoms with E-state index in [9.17, 15) is 8.42 Å². The first-order valence-electron chi connectivity index (χ1n) is 6.45. The van der Waals surface area contributed by atoms with Crippen LogP contribution < -0.4 is 15.8 Å². The molecule has 0 radical (unpaired) electrons. The van der Waals surface area contributed by atoms with E-state index in [1.54, 1.807) is 19.2 Å². The van der Waals surface area contributed by atoms with Gasteiger partial charge in [0.05, 0.1) is 4.90 Å². The van der Waals surface area contributed by atoms with E-state index in [-0.39, 0.29) is 4.90 Å². The lowest BCUT2D eigenvalue weighted by Gasteiger charge is -2.16. The molecule has 1 rings (SSSR count). The quantitative estimate of drug-likeness (QED) is 0.553. The lowest BCUT2D eigenvalue weighted by atomic mass is 10.2. The van der Waals surface area contributed by atoms with E-state index in [1.807, 2.05) is 6.07 Å². The molecule has 0 saturated carbocycles. The molecule has 0 aliphatic carbocycles. The number of hydrogen-bond donors (Lipinski definition) is 3. The molecule has 0 bridgehead atoms. The number of primary sulfonamides is 1. The van der Waals surface area contributed by atoms with Crippen molar-refractivity contribution in [2.24, 2.45) is 10.1 Å². The molecule has 0 amide bonds. The van der Waals surface area contributed by atoms with Gasteiger partial charge >= 0.3 is 0 Å². The Morgan fingerprint density at radius 1 is 1.45 bits per heavy atom. The van der Waals surface area contributed by atoms with Crippen LogP contribution >= 0.6 is 0 Å². The topological polar surface area (TPSA) is 96.6 Å². The van der Waals surface area contributed by atoms with Crippen LogP contribution in [-0.4, -0.2) is 27.5 Å². The van der Waals surface area contributed by atoms with Crippen molar-refractivity contribution in [1.82, 2.24) is 10.6 Å². The highest BCUT2D eigenvalue weighted by Gasteiger charge is 2.08. The van der Waals surface area contributed by atoms with Gasteiger partial charge < -0.3 is 10.6 Å². The van der Waals surface area contributed by atoms with Crippen LogP contribution in [0.2, 0.25) is 0 Å². The minimum Gasteiger partial charge on any atom is -0.354 e. The number of nitrogens with one attached hydrogen (secondary N) is 2. The van der Waals surface area contributed by atoms with Crippen LogP contribution in [-0.2, 0) is 16.6 Å². The first-order valence-corrected chi connectivity index (χ1v) is 8.00. The average molecular weight is 298 g/mol. The van der Waals surface area contributed by atoms with E-state index in [0.29, 0.717) is 18.5 Å². The minimum absolute atomic E-state index is 0.113. The molecule has 0 fully saturated rings. The molecule has 0 spiro atoms. The lowest BCUT2D eigenvalue weighted by molar-refractivity contribution is 0.597. The van der Waals surface area contributed by atoms with Crippen LogP contribution in [0.15, 0.2) is 34.2 Å². The van der Waals surface area contributed by atoms with Gasteiger partial charge in [-0.05, 0) is 31.0 Å². The highest BCUT2D eigenvalue weighted by molar-refractivity contribution is 7.89. The summed E-state index contributed by atoms with van der Waals surface area (Å²) in [5, 5.41) is 11.5. The normalized spacial score (nSPS) is 13.9. The zero-order chi connectivity index (χ0) is 15.2. The molecule has 112 valence electrons. The number of guanidine groups is 1. The summed E-state index contributed by atoms with van der Waals surface area (Å²) in [5.74, 6) is 0.681. The Hall–Kier alpha value is -1.60. The molecular weight excluding hydrogens is 276 g/mol. The average Bonchev–Trinajstić information content (AvgIpc) is 2.42. The Morgan fingerprint density at radius 2 is 2.15 bits per heavy atom. The number of benzene rings is 1. The third-order valence-electron chi connectivity index (χ3n) is 2.91. The van der Waals surface area contributed by atoms with Gasteiger partial charge in [-0.1, -0.05) is 19.1 Å². The SMILES string of the molecule is CCC(C)NC(=NC)NCc1cccc(S(N)(=O)=O)c1. The third kappa shape index (κ3) is 5.18. The summed E-state index contributed by atoms with van der Waals surface area (Å²) >= 11 is 0. The summed E-state index contributed by atoms with van der Waals surface area (Å²) in [6.07, 6.45) is 0.988. The Morgan fingerprint density at radius 3 is 2.70 bits per heavy atom. The van der Waals surface area contributed by atoms with Crippen LogP contribution in [0.25, 0.3) is 0 Å².